The predicted octanol–water partition coefficient (Wildman–Crippen LogP) is 1.67. The van der Waals surface area contributed by atoms with Crippen LogP contribution in [0.2, 0.25) is 0 Å². The van der Waals surface area contributed by atoms with E-state index in [-0.39, 0.29) is 12.3 Å². The van der Waals surface area contributed by atoms with Crippen molar-refractivity contribution in [1.29, 1.82) is 0 Å². The molecular formula is C14H15N3O3. The molecule has 6 nitrogen and oxygen atoms in total. The van der Waals surface area contributed by atoms with E-state index >= 15 is 0 Å². The second kappa shape index (κ2) is 6.51. The molecule has 104 valence electrons. The van der Waals surface area contributed by atoms with Crippen molar-refractivity contribution >= 4 is 11.9 Å². The van der Waals surface area contributed by atoms with Crippen LogP contribution in [0.1, 0.15) is 23.2 Å². The second-order valence-electron chi connectivity index (χ2n) is 4.32. The van der Waals surface area contributed by atoms with Gasteiger partial charge in [-0.15, -0.1) is 0 Å². The molecule has 2 aromatic rings. The van der Waals surface area contributed by atoms with E-state index in [0.29, 0.717) is 18.5 Å². The van der Waals surface area contributed by atoms with Gasteiger partial charge < -0.3 is 10.4 Å². The Kier molecular flexibility index (Phi) is 4.49. The van der Waals surface area contributed by atoms with Crippen molar-refractivity contribution in [3.8, 4) is 11.1 Å². The van der Waals surface area contributed by atoms with Gasteiger partial charge in [-0.05, 0) is 24.1 Å². The van der Waals surface area contributed by atoms with Crippen LogP contribution < -0.4 is 5.32 Å². The van der Waals surface area contributed by atoms with E-state index in [1.54, 1.807) is 30.6 Å². The number of aliphatic carboxylic acids is 1. The van der Waals surface area contributed by atoms with Gasteiger partial charge in [0, 0.05) is 30.3 Å². The number of hydrogen-bond acceptors (Lipinski definition) is 3. The molecule has 0 bridgehead atoms. The highest BCUT2D eigenvalue weighted by atomic mass is 16.4. The maximum atomic E-state index is 11.9. The number of carboxylic acid groups (broad SMARTS) is 1. The van der Waals surface area contributed by atoms with Crippen molar-refractivity contribution in [3.05, 3.63) is 42.2 Å². The summed E-state index contributed by atoms with van der Waals surface area (Å²) in [5.74, 6) is -1.07. The molecule has 3 N–H and O–H groups in total. The van der Waals surface area contributed by atoms with Crippen LogP contribution >= 0.6 is 0 Å². The van der Waals surface area contributed by atoms with E-state index in [2.05, 4.69) is 15.5 Å². The van der Waals surface area contributed by atoms with Crippen molar-refractivity contribution in [1.82, 2.24) is 15.5 Å². The van der Waals surface area contributed by atoms with E-state index in [0.717, 1.165) is 11.1 Å². The number of carbonyl (C=O) groups is 2. The average molecular weight is 273 g/mol. The fourth-order valence-corrected chi connectivity index (χ4v) is 1.79. The quantitative estimate of drug-likeness (QED) is 0.698. The zero-order valence-electron chi connectivity index (χ0n) is 10.8. The van der Waals surface area contributed by atoms with Crippen LogP contribution in [0.25, 0.3) is 11.1 Å². The minimum absolute atomic E-state index is 0.0509. The molecular weight excluding hydrogens is 258 g/mol. The first-order chi connectivity index (χ1) is 9.66. The molecule has 0 atom stereocenters. The van der Waals surface area contributed by atoms with Crippen LogP contribution in [-0.4, -0.2) is 33.7 Å². The van der Waals surface area contributed by atoms with E-state index < -0.39 is 5.97 Å². The van der Waals surface area contributed by atoms with Gasteiger partial charge in [-0.2, -0.15) is 5.10 Å². The van der Waals surface area contributed by atoms with Crippen molar-refractivity contribution in [2.24, 2.45) is 0 Å². The Morgan fingerprint density at radius 3 is 2.85 bits per heavy atom. The monoisotopic (exact) mass is 273 g/mol. The Labute approximate surface area is 115 Å². The third-order valence-electron chi connectivity index (χ3n) is 2.81. The van der Waals surface area contributed by atoms with Crippen molar-refractivity contribution in [2.75, 3.05) is 6.54 Å². The molecule has 1 amide bonds. The van der Waals surface area contributed by atoms with Gasteiger partial charge in [-0.3, -0.25) is 14.7 Å². The standard InChI is InChI=1S/C14H15N3O3/c18-13(19)5-2-6-15-14(20)11-4-1-3-10(7-11)12-8-16-17-9-12/h1,3-4,7-9H,2,5-6H2,(H,15,20)(H,16,17)(H,18,19). The van der Waals surface area contributed by atoms with Crippen LogP contribution in [0.3, 0.4) is 0 Å². The van der Waals surface area contributed by atoms with Gasteiger partial charge in [-0.25, -0.2) is 0 Å². The Morgan fingerprint density at radius 2 is 2.15 bits per heavy atom. The van der Waals surface area contributed by atoms with Crippen molar-refractivity contribution in [3.63, 3.8) is 0 Å². The predicted molar refractivity (Wildman–Crippen MR) is 73.2 cm³/mol. The van der Waals surface area contributed by atoms with E-state index in [1.165, 1.54) is 0 Å². The zero-order chi connectivity index (χ0) is 14.4. The molecule has 0 aliphatic carbocycles. The average Bonchev–Trinajstić information content (AvgIpc) is 2.97. The molecule has 20 heavy (non-hydrogen) atoms. The first kappa shape index (κ1) is 13.8. The molecule has 0 saturated carbocycles. The number of rotatable bonds is 6. The molecule has 2 rings (SSSR count). The maximum Gasteiger partial charge on any atom is 0.303 e. The number of amides is 1. The molecule has 0 aliphatic heterocycles. The lowest BCUT2D eigenvalue weighted by Gasteiger charge is -2.05. The summed E-state index contributed by atoms with van der Waals surface area (Å²) in [7, 11) is 0. The lowest BCUT2D eigenvalue weighted by molar-refractivity contribution is -0.137. The molecule has 1 aromatic heterocycles. The molecule has 0 spiro atoms. The SMILES string of the molecule is O=C(O)CCCNC(=O)c1cccc(-c2cn[nH]c2)c1. The number of aromatic nitrogens is 2. The highest BCUT2D eigenvalue weighted by Gasteiger charge is 2.07. The van der Waals surface area contributed by atoms with Gasteiger partial charge in [0.25, 0.3) is 5.91 Å². The van der Waals surface area contributed by atoms with E-state index in [1.807, 2.05) is 6.07 Å². The van der Waals surface area contributed by atoms with Gasteiger partial charge in [0.15, 0.2) is 0 Å². The van der Waals surface area contributed by atoms with Gasteiger partial charge >= 0.3 is 5.97 Å². The smallest absolute Gasteiger partial charge is 0.303 e. The zero-order valence-corrected chi connectivity index (χ0v) is 10.8. The van der Waals surface area contributed by atoms with Crippen molar-refractivity contribution in [2.45, 2.75) is 12.8 Å². The first-order valence-electron chi connectivity index (χ1n) is 6.26. The Bertz CT molecular complexity index is 593. The summed E-state index contributed by atoms with van der Waals surface area (Å²) in [6.07, 6.45) is 3.91. The summed E-state index contributed by atoms with van der Waals surface area (Å²) in [5.41, 5.74) is 2.35. The normalized spacial score (nSPS) is 10.2. The first-order valence-corrected chi connectivity index (χ1v) is 6.26. The van der Waals surface area contributed by atoms with Crippen LogP contribution in [0.5, 0.6) is 0 Å². The minimum atomic E-state index is -0.860. The summed E-state index contributed by atoms with van der Waals surface area (Å²) in [6, 6.07) is 7.19. The van der Waals surface area contributed by atoms with E-state index in [9.17, 15) is 9.59 Å². The maximum absolute atomic E-state index is 11.9. The summed E-state index contributed by atoms with van der Waals surface area (Å²) in [6.45, 7) is 0.348. The Balaban J connectivity index is 1.96. The lowest BCUT2D eigenvalue weighted by Crippen LogP contribution is -2.24. The van der Waals surface area contributed by atoms with Crippen LogP contribution in [0.15, 0.2) is 36.7 Å². The topological polar surface area (TPSA) is 95.1 Å². The minimum Gasteiger partial charge on any atom is -0.481 e. The number of nitrogens with one attached hydrogen (secondary N) is 2. The van der Waals surface area contributed by atoms with Gasteiger partial charge in [0.05, 0.1) is 6.20 Å². The largest absolute Gasteiger partial charge is 0.481 e. The van der Waals surface area contributed by atoms with Crippen LogP contribution in [-0.2, 0) is 4.79 Å². The fourth-order valence-electron chi connectivity index (χ4n) is 1.79. The number of nitrogens with zero attached hydrogens (tertiary/aromatic N) is 1. The molecule has 0 radical (unpaired) electrons. The van der Waals surface area contributed by atoms with Crippen LogP contribution in [0.4, 0.5) is 0 Å². The number of aromatic amines is 1. The van der Waals surface area contributed by atoms with Gasteiger partial charge in [0.2, 0.25) is 0 Å². The van der Waals surface area contributed by atoms with E-state index in [4.69, 9.17) is 5.11 Å². The molecule has 0 fully saturated rings. The summed E-state index contributed by atoms with van der Waals surface area (Å²) in [4.78, 5) is 22.3. The third kappa shape index (κ3) is 3.68. The highest BCUT2D eigenvalue weighted by Crippen LogP contribution is 2.18. The Hall–Kier alpha value is -2.63. The van der Waals surface area contributed by atoms with Gasteiger partial charge in [0.1, 0.15) is 0 Å². The second-order valence-corrected chi connectivity index (χ2v) is 4.32. The summed E-state index contributed by atoms with van der Waals surface area (Å²) < 4.78 is 0. The summed E-state index contributed by atoms with van der Waals surface area (Å²) in [5, 5.41) is 17.8. The summed E-state index contributed by atoms with van der Waals surface area (Å²) >= 11 is 0. The van der Waals surface area contributed by atoms with Crippen LogP contribution in [0, 0.1) is 0 Å². The Morgan fingerprint density at radius 1 is 1.30 bits per heavy atom. The molecule has 1 aromatic carbocycles. The molecule has 6 heteroatoms. The molecule has 0 saturated heterocycles. The molecule has 0 unspecified atom stereocenters. The number of benzene rings is 1. The number of hydrogen-bond donors (Lipinski definition) is 3. The number of carbonyl (C=O) groups excluding carboxylic acids is 1. The van der Waals surface area contributed by atoms with Crippen molar-refractivity contribution < 1.29 is 14.7 Å². The number of H-pyrrole nitrogens is 1. The highest BCUT2D eigenvalue weighted by molar-refractivity contribution is 5.95. The molecule has 0 aliphatic rings. The third-order valence-corrected chi connectivity index (χ3v) is 2.81. The fraction of sp³-hybridized carbons (Fsp3) is 0.214. The molecule has 1 heterocycles. The lowest BCUT2D eigenvalue weighted by atomic mass is 10.1. The number of carboxylic acids is 1. The van der Waals surface area contributed by atoms with Gasteiger partial charge in [-0.1, -0.05) is 12.1 Å².